The summed E-state index contributed by atoms with van der Waals surface area (Å²) in [4.78, 5) is 20.7. The number of hydrogen-bond donors (Lipinski definition) is 0. The van der Waals surface area contributed by atoms with Crippen molar-refractivity contribution < 1.29 is 13.9 Å². The normalized spacial score (nSPS) is 26.5. The van der Waals surface area contributed by atoms with Crippen LogP contribution in [-0.4, -0.2) is 54.2 Å². The van der Waals surface area contributed by atoms with Crippen LogP contribution in [0.1, 0.15) is 43.6 Å². The first-order valence-electron chi connectivity index (χ1n) is 7.82. The molecule has 0 amide bonds. The maximum absolute atomic E-state index is 11.7. The van der Waals surface area contributed by atoms with E-state index in [-0.39, 0.29) is 5.69 Å². The number of oxazole rings is 1. The zero-order valence-corrected chi connectivity index (χ0v) is 12.7. The first-order valence-corrected chi connectivity index (χ1v) is 7.82. The molecule has 3 heterocycles. The van der Waals surface area contributed by atoms with Crippen LogP contribution in [0.5, 0.6) is 0 Å². The summed E-state index contributed by atoms with van der Waals surface area (Å²) >= 11 is 0. The van der Waals surface area contributed by atoms with E-state index in [0.717, 1.165) is 13.1 Å². The highest BCUT2D eigenvalue weighted by molar-refractivity contribution is 5.87. The van der Waals surface area contributed by atoms with E-state index in [1.165, 1.54) is 32.1 Å². The van der Waals surface area contributed by atoms with Crippen LogP contribution in [0.4, 0.5) is 6.01 Å². The number of piperidine rings is 1. The van der Waals surface area contributed by atoms with Gasteiger partial charge in [-0.2, -0.15) is 4.98 Å². The number of ether oxygens (including phenoxy) is 1. The van der Waals surface area contributed by atoms with E-state index in [4.69, 9.17) is 9.15 Å². The molecule has 6 heteroatoms. The Morgan fingerprint density at radius 3 is 3.14 bits per heavy atom. The highest BCUT2D eigenvalue weighted by Crippen LogP contribution is 2.27. The summed E-state index contributed by atoms with van der Waals surface area (Å²) in [6.07, 6.45) is 5.22. The van der Waals surface area contributed by atoms with Gasteiger partial charge in [-0.25, -0.2) is 4.79 Å². The summed E-state index contributed by atoms with van der Waals surface area (Å²) < 4.78 is 10.5. The van der Waals surface area contributed by atoms with Gasteiger partial charge in [0.2, 0.25) is 0 Å². The van der Waals surface area contributed by atoms with Gasteiger partial charge >= 0.3 is 5.97 Å². The van der Waals surface area contributed by atoms with Gasteiger partial charge in [-0.1, -0.05) is 6.42 Å². The van der Waals surface area contributed by atoms with E-state index in [1.807, 2.05) is 0 Å². The summed E-state index contributed by atoms with van der Waals surface area (Å²) in [7, 11) is 0. The van der Waals surface area contributed by atoms with Gasteiger partial charge in [-0.3, -0.25) is 4.90 Å². The number of anilines is 1. The Morgan fingerprint density at radius 1 is 1.48 bits per heavy atom. The molecule has 21 heavy (non-hydrogen) atoms. The second kappa shape index (κ2) is 6.05. The second-order valence-electron chi connectivity index (χ2n) is 5.88. The fraction of sp³-hybridized carbons (Fsp3) is 0.733. The number of esters is 1. The molecule has 0 radical (unpaired) electrons. The highest BCUT2D eigenvalue weighted by atomic mass is 16.5. The van der Waals surface area contributed by atoms with Crippen molar-refractivity contribution in [3.8, 4) is 0 Å². The van der Waals surface area contributed by atoms with Crippen LogP contribution in [0.15, 0.2) is 10.7 Å². The number of nitrogens with zero attached hydrogens (tertiary/aromatic N) is 3. The molecular weight excluding hydrogens is 270 g/mol. The van der Waals surface area contributed by atoms with Crippen molar-refractivity contribution in [2.75, 3.05) is 31.1 Å². The minimum Gasteiger partial charge on any atom is -0.461 e. The molecule has 0 N–H and O–H groups in total. The number of carbonyl (C=O) groups is 1. The van der Waals surface area contributed by atoms with Crippen LogP contribution < -0.4 is 4.90 Å². The molecule has 3 rings (SSSR count). The number of piperazine rings is 1. The Balaban J connectivity index is 1.72. The van der Waals surface area contributed by atoms with Crippen molar-refractivity contribution in [1.82, 2.24) is 9.88 Å². The van der Waals surface area contributed by atoms with Crippen molar-refractivity contribution >= 4 is 12.0 Å². The summed E-state index contributed by atoms with van der Waals surface area (Å²) in [6.45, 7) is 7.45. The average Bonchev–Trinajstić information content (AvgIpc) is 2.96. The van der Waals surface area contributed by atoms with Gasteiger partial charge in [-0.15, -0.1) is 0 Å². The molecule has 2 aliphatic heterocycles. The van der Waals surface area contributed by atoms with E-state index < -0.39 is 5.97 Å². The van der Waals surface area contributed by atoms with Crippen LogP contribution in [0.2, 0.25) is 0 Å². The molecule has 2 unspecified atom stereocenters. The minimum atomic E-state index is -0.420. The van der Waals surface area contributed by atoms with Crippen LogP contribution in [-0.2, 0) is 4.74 Å². The van der Waals surface area contributed by atoms with Crippen LogP contribution >= 0.6 is 0 Å². The Labute approximate surface area is 125 Å². The lowest BCUT2D eigenvalue weighted by molar-refractivity contribution is 0.0519. The topological polar surface area (TPSA) is 58.8 Å². The van der Waals surface area contributed by atoms with Gasteiger partial charge < -0.3 is 14.1 Å². The van der Waals surface area contributed by atoms with Crippen molar-refractivity contribution in [2.45, 2.75) is 45.2 Å². The molecule has 0 saturated carbocycles. The molecule has 0 aliphatic carbocycles. The largest absolute Gasteiger partial charge is 0.461 e. The number of aromatic nitrogens is 1. The summed E-state index contributed by atoms with van der Waals surface area (Å²) in [5, 5.41) is 0. The highest BCUT2D eigenvalue weighted by Gasteiger charge is 2.35. The first kappa shape index (κ1) is 14.4. The van der Waals surface area contributed by atoms with E-state index in [1.54, 1.807) is 6.92 Å². The monoisotopic (exact) mass is 293 g/mol. The Morgan fingerprint density at radius 2 is 2.33 bits per heavy atom. The second-order valence-corrected chi connectivity index (χ2v) is 5.88. The molecule has 6 nitrogen and oxygen atoms in total. The molecule has 0 bridgehead atoms. The fourth-order valence-corrected chi connectivity index (χ4v) is 3.31. The summed E-state index contributed by atoms with van der Waals surface area (Å²) in [6, 6.07) is 1.46. The third kappa shape index (κ3) is 2.90. The number of rotatable bonds is 3. The molecule has 2 saturated heterocycles. The summed E-state index contributed by atoms with van der Waals surface area (Å²) in [5.74, 6) is -0.420. The average molecular weight is 293 g/mol. The first-order chi connectivity index (χ1) is 10.2. The van der Waals surface area contributed by atoms with Gasteiger partial charge in [-0.05, 0) is 33.2 Å². The predicted molar refractivity (Wildman–Crippen MR) is 78.5 cm³/mol. The third-order valence-corrected chi connectivity index (χ3v) is 4.41. The molecule has 116 valence electrons. The maximum Gasteiger partial charge on any atom is 0.360 e. The molecule has 2 aliphatic rings. The lowest BCUT2D eigenvalue weighted by Crippen LogP contribution is -2.59. The van der Waals surface area contributed by atoms with Gasteiger partial charge in [0.25, 0.3) is 6.01 Å². The van der Waals surface area contributed by atoms with Crippen molar-refractivity contribution in [3.05, 3.63) is 12.0 Å². The van der Waals surface area contributed by atoms with Gasteiger partial charge in [0.15, 0.2) is 5.69 Å². The zero-order chi connectivity index (χ0) is 14.8. The Hall–Kier alpha value is -1.56. The molecule has 1 aromatic rings. The van der Waals surface area contributed by atoms with Crippen LogP contribution in [0, 0.1) is 0 Å². The lowest BCUT2D eigenvalue weighted by atomic mass is 9.97. The molecule has 2 fully saturated rings. The van der Waals surface area contributed by atoms with E-state index in [2.05, 4.69) is 21.7 Å². The molecular formula is C15H23N3O3. The van der Waals surface area contributed by atoms with Crippen LogP contribution in [0.25, 0.3) is 0 Å². The SMILES string of the molecule is CCOC(=O)c1coc(N2CC3CCCCN3CC2C)n1. The molecule has 2 atom stereocenters. The smallest absolute Gasteiger partial charge is 0.360 e. The van der Waals surface area contributed by atoms with Crippen molar-refractivity contribution in [2.24, 2.45) is 0 Å². The summed E-state index contributed by atoms with van der Waals surface area (Å²) in [5.41, 5.74) is 0.255. The zero-order valence-electron chi connectivity index (χ0n) is 12.7. The number of carbonyl (C=O) groups excluding carboxylic acids is 1. The van der Waals surface area contributed by atoms with Crippen molar-refractivity contribution in [1.29, 1.82) is 0 Å². The molecule has 1 aromatic heterocycles. The molecule has 0 aromatic carbocycles. The Kier molecular flexibility index (Phi) is 4.14. The van der Waals surface area contributed by atoms with Gasteiger partial charge in [0, 0.05) is 25.2 Å². The standard InChI is InChI=1S/C15H23N3O3/c1-3-20-14(19)13-10-21-15(16-13)18-9-12-6-4-5-7-17(12)8-11(18)2/h10-12H,3-9H2,1-2H3. The number of hydrogen-bond acceptors (Lipinski definition) is 6. The van der Waals surface area contributed by atoms with E-state index in [9.17, 15) is 4.79 Å². The van der Waals surface area contributed by atoms with Crippen LogP contribution in [0.3, 0.4) is 0 Å². The number of fused-ring (bicyclic) bond motifs is 1. The third-order valence-electron chi connectivity index (χ3n) is 4.41. The Bertz CT molecular complexity index is 502. The minimum absolute atomic E-state index is 0.255. The quantitative estimate of drug-likeness (QED) is 0.794. The fourth-order valence-electron chi connectivity index (χ4n) is 3.31. The van der Waals surface area contributed by atoms with E-state index >= 15 is 0 Å². The van der Waals surface area contributed by atoms with E-state index in [0.29, 0.717) is 24.7 Å². The van der Waals surface area contributed by atoms with Gasteiger partial charge in [0.05, 0.1) is 6.61 Å². The predicted octanol–water partition coefficient (Wildman–Crippen LogP) is 1.91. The maximum atomic E-state index is 11.7. The van der Waals surface area contributed by atoms with Gasteiger partial charge in [0.1, 0.15) is 6.26 Å². The lowest BCUT2D eigenvalue weighted by Gasteiger charge is -2.46. The van der Waals surface area contributed by atoms with Crippen molar-refractivity contribution in [3.63, 3.8) is 0 Å². The molecule has 0 spiro atoms.